The summed E-state index contributed by atoms with van der Waals surface area (Å²) in [6, 6.07) is 1.96. The lowest BCUT2D eigenvalue weighted by Crippen LogP contribution is -2.26. The number of benzene rings is 1. The summed E-state index contributed by atoms with van der Waals surface area (Å²) >= 11 is 2.96. The summed E-state index contributed by atoms with van der Waals surface area (Å²) in [5.41, 5.74) is 8.27. The first-order chi connectivity index (χ1) is 9.02. The third-order valence-corrected chi connectivity index (χ3v) is 3.50. The van der Waals surface area contributed by atoms with Crippen molar-refractivity contribution in [3.63, 3.8) is 0 Å². The van der Waals surface area contributed by atoms with Crippen LogP contribution in [0.15, 0.2) is 21.7 Å². The highest BCUT2D eigenvalue weighted by Gasteiger charge is 2.32. The zero-order valence-corrected chi connectivity index (χ0v) is 11.3. The number of halogens is 3. The van der Waals surface area contributed by atoms with E-state index >= 15 is 0 Å². The second kappa shape index (κ2) is 5.54. The van der Waals surface area contributed by atoms with Gasteiger partial charge in [0.25, 0.3) is 0 Å². The highest BCUT2D eigenvalue weighted by atomic mass is 79.9. The molecule has 1 aromatic rings. The van der Waals surface area contributed by atoms with E-state index in [9.17, 15) is 13.6 Å². The molecule has 0 radical (unpaired) electrons. The molecule has 0 bridgehead atoms. The quantitative estimate of drug-likeness (QED) is 0.362. The number of nitrogens with zero attached hydrogens (tertiary/aromatic N) is 4. The van der Waals surface area contributed by atoms with Crippen molar-refractivity contribution in [2.45, 2.75) is 6.42 Å². The maximum absolute atomic E-state index is 13.7. The molecule has 1 heterocycles. The van der Waals surface area contributed by atoms with Crippen LogP contribution in [-0.2, 0) is 4.79 Å². The van der Waals surface area contributed by atoms with Gasteiger partial charge in [0.2, 0.25) is 5.91 Å². The van der Waals surface area contributed by atoms with E-state index in [1.54, 1.807) is 0 Å². The third-order valence-electron chi connectivity index (χ3n) is 2.89. The van der Waals surface area contributed by atoms with Gasteiger partial charge in [0.1, 0.15) is 11.6 Å². The van der Waals surface area contributed by atoms with E-state index in [1.807, 2.05) is 0 Å². The molecule has 100 valence electrons. The maximum atomic E-state index is 13.7. The molecule has 1 unspecified atom stereocenters. The molecule has 0 saturated carbocycles. The van der Waals surface area contributed by atoms with Crippen LogP contribution in [0.2, 0.25) is 0 Å². The highest BCUT2D eigenvalue weighted by Crippen LogP contribution is 2.31. The lowest BCUT2D eigenvalue weighted by molar-refractivity contribution is -0.117. The van der Waals surface area contributed by atoms with Gasteiger partial charge in [0.05, 0.1) is 10.2 Å². The van der Waals surface area contributed by atoms with Crippen LogP contribution >= 0.6 is 15.9 Å². The molecule has 19 heavy (non-hydrogen) atoms. The number of rotatable bonds is 3. The van der Waals surface area contributed by atoms with Crippen molar-refractivity contribution in [3.8, 4) is 0 Å². The molecule has 1 fully saturated rings. The number of anilines is 1. The predicted octanol–water partition coefficient (Wildman–Crippen LogP) is 3.39. The second-order valence-electron chi connectivity index (χ2n) is 4.21. The standard InChI is InChI=1S/C11H9BrF2N4O/c12-7-2-10(9(14)3-8(7)13)18-5-6(1-11(18)19)4-16-17-15/h2-3,6H,1,4-5H2. The van der Waals surface area contributed by atoms with Gasteiger partial charge in [-0.1, -0.05) is 5.11 Å². The molecule has 1 aliphatic rings. The molecule has 8 heteroatoms. The first kappa shape index (κ1) is 13.8. The smallest absolute Gasteiger partial charge is 0.227 e. The summed E-state index contributed by atoms with van der Waals surface area (Å²) < 4.78 is 26.9. The molecular formula is C11H9BrF2N4O. The molecule has 1 saturated heterocycles. The Morgan fingerprint density at radius 2 is 2.21 bits per heavy atom. The SMILES string of the molecule is [N-]=[N+]=NCC1CC(=O)N(c2cc(Br)c(F)cc2F)C1. The number of carbonyl (C=O) groups excluding carboxylic acids is 1. The number of hydrogen-bond acceptors (Lipinski definition) is 2. The first-order valence-electron chi connectivity index (χ1n) is 5.48. The van der Waals surface area contributed by atoms with E-state index in [0.29, 0.717) is 0 Å². The summed E-state index contributed by atoms with van der Waals surface area (Å²) in [6.45, 7) is 0.440. The average Bonchev–Trinajstić information content (AvgIpc) is 2.72. The van der Waals surface area contributed by atoms with Gasteiger partial charge < -0.3 is 4.90 Å². The maximum Gasteiger partial charge on any atom is 0.227 e. The van der Waals surface area contributed by atoms with Gasteiger partial charge in [-0.3, -0.25) is 4.79 Å². The number of hydrogen-bond donors (Lipinski definition) is 0. The number of amides is 1. The van der Waals surface area contributed by atoms with Crippen LogP contribution in [0.5, 0.6) is 0 Å². The average molecular weight is 331 g/mol. The molecular weight excluding hydrogens is 322 g/mol. The van der Waals surface area contributed by atoms with Crippen LogP contribution in [0.25, 0.3) is 10.4 Å². The predicted molar refractivity (Wildman–Crippen MR) is 68.5 cm³/mol. The summed E-state index contributed by atoms with van der Waals surface area (Å²) in [5, 5.41) is 3.41. The molecule has 1 aromatic carbocycles. The monoisotopic (exact) mass is 330 g/mol. The van der Waals surface area contributed by atoms with Crippen molar-refractivity contribution < 1.29 is 13.6 Å². The Morgan fingerprint density at radius 1 is 1.47 bits per heavy atom. The molecule has 1 aliphatic heterocycles. The van der Waals surface area contributed by atoms with Crippen molar-refractivity contribution >= 4 is 27.5 Å². The Balaban J connectivity index is 2.25. The van der Waals surface area contributed by atoms with Gasteiger partial charge in [-0.2, -0.15) is 0 Å². The zero-order valence-electron chi connectivity index (χ0n) is 9.68. The minimum atomic E-state index is -0.793. The van der Waals surface area contributed by atoms with Gasteiger partial charge in [-0.25, -0.2) is 8.78 Å². The Morgan fingerprint density at radius 3 is 2.89 bits per heavy atom. The topological polar surface area (TPSA) is 69.1 Å². The fraction of sp³-hybridized carbons (Fsp3) is 0.364. The van der Waals surface area contributed by atoms with Crippen molar-refractivity contribution in [3.05, 3.63) is 38.7 Å². The summed E-state index contributed by atoms with van der Waals surface area (Å²) in [7, 11) is 0. The Labute approximate surface area is 116 Å². The summed E-state index contributed by atoms with van der Waals surface area (Å²) in [5.74, 6) is -1.93. The lowest BCUT2D eigenvalue weighted by atomic mass is 10.1. The van der Waals surface area contributed by atoms with Crippen molar-refractivity contribution in [1.29, 1.82) is 0 Å². The normalized spacial score (nSPS) is 18.6. The van der Waals surface area contributed by atoms with Crippen LogP contribution in [-0.4, -0.2) is 19.0 Å². The molecule has 0 aromatic heterocycles. The van der Waals surface area contributed by atoms with E-state index in [-0.39, 0.29) is 41.5 Å². The third kappa shape index (κ3) is 2.85. The minimum absolute atomic E-state index is 0.0294. The Bertz CT molecular complexity index is 574. The lowest BCUT2D eigenvalue weighted by Gasteiger charge is -2.17. The number of carbonyl (C=O) groups is 1. The van der Waals surface area contributed by atoms with Gasteiger partial charge >= 0.3 is 0 Å². The zero-order chi connectivity index (χ0) is 14.0. The van der Waals surface area contributed by atoms with Crippen LogP contribution < -0.4 is 4.90 Å². The van der Waals surface area contributed by atoms with Crippen LogP contribution in [0.3, 0.4) is 0 Å². The van der Waals surface area contributed by atoms with E-state index in [2.05, 4.69) is 26.0 Å². The highest BCUT2D eigenvalue weighted by molar-refractivity contribution is 9.10. The molecule has 0 N–H and O–H groups in total. The molecule has 1 atom stereocenters. The van der Waals surface area contributed by atoms with E-state index in [0.717, 1.165) is 6.07 Å². The van der Waals surface area contributed by atoms with Gasteiger partial charge in [0.15, 0.2) is 0 Å². The van der Waals surface area contributed by atoms with Crippen molar-refractivity contribution in [2.75, 3.05) is 18.0 Å². The van der Waals surface area contributed by atoms with Crippen molar-refractivity contribution in [2.24, 2.45) is 11.0 Å². The molecule has 2 rings (SSSR count). The van der Waals surface area contributed by atoms with Gasteiger partial charge in [0, 0.05) is 30.5 Å². The van der Waals surface area contributed by atoms with E-state index in [1.165, 1.54) is 11.0 Å². The number of azide groups is 1. The fourth-order valence-electron chi connectivity index (χ4n) is 2.01. The van der Waals surface area contributed by atoms with Gasteiger partial charge in [-0.05, 0) is 33.4 Å². The van der Waals surface area contributed by atoms with Crippen molar-refractivity contribution in [1.82, 2.24) is 0 Å². The summed E-state index contributed by atoms with van der Waals surface area (Å²) in [6.07, 6.45) is 0.188. The molecule has 5 nitrogen and oxygen atoms in total. The molecule has 0 aliphatic carbocycles. The largest absolute Gasteiger partial charge is 0.309 e. The Hall–Kier alpha value is -1.66. The van der Waals surface area contributed by atoms with Crippen LogP contribution in [0.1, 0.15) is 6.42 Å². The minimum Gasteiger partial charge on any atom is -0.309 e. The first-order valence-corrected chi connectivity index (χ1v) is 6.28. The van der Waals surface area contributed by atoms with Crippen LogP contribution in [0.4, 0.5) is 14.5 Å². The Kier molecular flexibility index (Phi) is 4.01. The van der Waals surface area contributed by atoms with E-state index < -0.39 is 11.6 Å². The molecule has 0 spiro atoms. The van der Waals surface area contributed by atoms with Gasteiger partial charge in [-0.15, -0.1) is 0 Å². The summed E-state index contributed by atoms with van der Waals surface area (Å²) in [4.78, 5) is 15.7. The van der Waals surface area contributed by atoms with Crippen LogP contribution in [0, 0.1) is 17.6 Å². The van der Waals surface area contributed by atoms with E-state index in [4.69, 9.17) is 5.53 Å². The molecule has 1 amide bonds. The fourth-order valence-corrected chi connectivity index (χ4v) is 2.34. The second-order valence-corrected chi connectivity index (χ2v) is 5.06.